The Kier molecular flexibility index (Phi) is 5.19. The van der Waals surface area contributed by atoms with Crippen LogP contribution in [-0.4, -0.2) is 17.2 Å². The van der Waals surface area contributed by atoms with E-state index < -0.39 is 12.1 Å². The van der Waals surface area contributed by atoms with Crippen LogP contribution in [0.3, 0.4) is 0 Å². The van der Waals surface area contributed by atoms with E-state index in [0.717, 1.165) is 6.20 Å². The summed E-state index contributed by atoms with van der Waals surface area (Å²) in [5.41, 5.74) is 0.653. The molecule has 1 atom stereocenters. The topological polar surface area (TPSA) is 89.5 Å². The molecule has 6 nitrogen and oxygen atoms in total. The van der Waals surface area contributed by atoms with Crippen molar-refractivity contribution in [3.63, 3.8) is 0 Å². The van der Waals surface area contributed by atoms with E-state index in [4.69, 9.17) is 5.39 Å². The summed E-state index contributed by atoms with van der Waals surface area (Å²) in [6, 6.07) is 7.91. The number of diazo groups is 1. The summed E-state index contributed by atoms with van der Waals surface area (Å²) in [7, 11) is 0. The first-order valence-corrected chi connectivity index (χ1v) is 5.53. The van der Waals surface area contributed by atoms with E-state index in [-0.39, 0.29) is 5.76 Å². The first-order valence-electron chi connectivity index (χ1n) is 5.53. The van der Waals surface area contributed by atoms with Gasteiger partial charge >= 0.3 is 12.2 Å². The molecule has 0 radical (unpaired) electrons. The van der Waals surface area contributed by atoms with Crippen LogP contribution in [0.5, 0.6) is 0 Å². The number of amides is 2. The highest BCUT2D eigenvalue weighted by molar-refractivity contribution is 5.89. The minimum absolute atomic E-state index is 0.205. The molecule has 0 heterocycles. The predicted molar refractivity (Wildman–Crippen MR) is 68.5 cm³/mol. The minimum Gasteiger partial charge on any atom is -0.504 e. The molecular weight excluding hydrogens is 232 g/mol. The lowest BCUT2D eigenvalue weighted by atomic mass is 10.2. The summed E-state index contributed by atoms with van der Waals surface area (Å²) in [6.07, 6.45) is 1.36. The standard InChI is InChI=1S/C12H14N4O2/c1-2-10(11(17)8-14-13)16-12(18)15-9-6-4-3-5-7-9/h3-8,10H,2H2,1H3,(H2-,15,16,17,18)/p+1/t10-/m1/s1. The van der Waals surface area contributed by atoms with Crippen LogP contribution >= 0.6 is 0 Å². The first-order chi connectivity index (χ1) is 8.67. The number of urea groups is 1. The molecular formula is C12H15N4O2+. The molecule has 1 aromatic rings. The number of benzene rings is 1. The van der Waals surface area contributed by atoms with Crippen molar-refractivity contribution in [2.45, 2.75) is 19.4 Å². The molecule has 0 aliphatic heterocycles. The number of anilines is 1. The van der Waals surface area contributed by atoms with Crippen LogP contribution in [0.15, 0.2) is 42.3 Å². The maximum Gasteiger partial charge on any atom is 0.389 e. The second kappa shape index (κ2) is 6.91. The predicted octanol–water partition coefficient (Wildman–Crippen LogP) is 2.84. The zero-order valence-electron chi connectivity index (χ0n) is 10.00. The summed E-state index contributed by atoms with van der Waals surface area (Å²) < 4.78 is 0. The van der Waals surface area contributed by atoms with Crippen LogP contribution in [0.2, 0.25) is 0 Å². The van der Waals surface area contributed by atoms with Crippen LogP contribution < -0.4 is 10.6 Å². The van der Waals surface area contributed by atoms with Gasteiger partial charge in [0.05, 0.1) is 6.04 Å². The molecule has 0 saturated heterocycles. The van der Waals surface area contributed by atoms with Gasteiger partial charge in [-0.25, -0.2) is 4.79 Å². The first kappa shape index (κ1) is 13.5. The van der Waals surface area contributed by atoms with Gasteiger partial charge in [0.2, 0.25) is 11.2 Å². The third-order valence-electron chi connectivity index (χ3n) is 2.29. The fourth-order valence-electron chi connectivity index (χ4n) is 1.38. The number of para-hydroxylation sites is 1. The molecule has 18 heavy (non-hydrogen) atoms. The van der Waals surface area contributed by atoms with Crippen molar-refractivity contribution in [1.82, 2.24) is 5.32 Å². The number of hydrogen-bond donors (Lipinski definition) is 3. The lowest BCUT2D eigenvalue weighted by Gasteiger charge is -2.14. The minimum atomic E-state index is -0.593. The maximum atomic E-state index is 11.6. The molecule has 0 fully saturated rings. The van der Waals surface area contributed by atoms with Gasteiger partial charge < -0.3 is 15.7 Å². The average molecular weight is 247 g/mol. The summed E-state index contributed by atoms with van der Waals surface area (Å²) in [4.78, 5) is 14.3. The molecule has 0 aliphatic rings. The van der Waals surface area contributed by atoms with E-state index >= 15 is 0 Å². The average Bonchev–Trinajstić information content (AvgIpc) is 2.37. The van der Waals surface area contributed by atoms with E-state index in [1.807, 2.05) is 6.07 Å². The Bertz CT molecular complexity index is 465. The number of carbonyl (C=O) groups is 1. The Hall–Kier alpha value is -2.55. The van der Waals surface area contributed by atoms with Gasteiger partial charge in [-0.05, 0) is 18.6 Å². The molecule has 1 rings (SSSR count). The van der Waals surface area contributed by atoms with Crippen molar-refractivity contribution >= 4 is 11.7 Å². The molecule has 6 heteroatoms. The summed E-state index contributed by atoms with van der Waals surface area (Å²) in [5, 5.41) is 23.0. The van der Waals surface area contributed by atoms with Gasteiger partial charge in [0, 0.05) is 5.69 Å². The largest absolute Gasteiger partial charge is 0.504 e. The normalized spacial score (nSPS) is 12.3. The summed E-state index contributed by atoms with van der Waals surface area (Å²) >= 11 is 0. The molecule has 2 amide bonds. The number of hydrogen-bond acceptors (Lipinski definition) is 3. The van der Waals surface area contributed by atoms with Gasteiger partial charge in [0.25, 0.3) is 0 Å². The maximum absolute atomic E-state index is 11.6. The van der Waals surface area contributed by atoms with Crippen molar-refractivity contribution in [1.29, 1.82) is 5.39 Å². The number of rotatable bonds is 4. The van der Waals surface area contributed by atoms with E-state index in [1.54, 1.807) is 31.2 Å². The second-order valence-corrected chi connectivity index (χ2v) is 3.59. The molecule has 0 spiro atoms. The van der Waals surface area contributed by atoms with Crippen LogP contribution in [-0.2, 0) is 0 Å². The smallest absolute Gasteiger partial charge is 0.389 e. The Balaban J connectivity index is 2.59. The van der Waals surface area contributed by atoms with Gasteiger partial charge in [-0.15, -0.1) is 0 Å². The number of carbonyl (C=O) groups excluding carboxylic acids is 1. The van der Waals surface area contributed by atoms with Gasteiger partial charge in [0.15, 0.2) is 4.98 Å². The fraction of sp³-hybridized carbons (Fsp3) is 0.250. The van der Waals surface area contributed by atoms with E-state index in [2.05, 4.69) is 15.6 Å². The van der Waals surface area contributed by atoms with Crippen molar-refractivity contribution in [3.05, 3.63) is 47.3 Å². The van der Waals surface area contributed by atoms with Gasteiger partial charge in [-0.1, -0.05) is 25.1 Å². The third kappa shape index (κ3) is 4.14. The number of nitrogens with one attached hydrogen (secondary N) is 2. The van der Waals surface area contributed by atoms with E-state index in [0.29, 0.717) is 12.1 Å². The van der Waals surface area contributed by atoms with Gasteiger partial charge in [0.1, 0.15) is 0 Å². The second-order valence-electron chi connectivity index (χ2n) is 3.59. The van der Waals surface area contributed by atoms with Gasteiger partial charge in [-0.3, -0.25) is 0 Å². The van der Waals surface area contributed by atoms with E-state index in [9.17, 15) is 9.90 Å². The third-order valence-corrected chi connectivity index (χ3v) is 2.29. The highest BCUT2D eigenvalue weighted by atomic mass is 16.3. The molecule has 0 saturated carbocycles. The van der Waals surface area contributed by atoms with Gasteiger partial charge in [-0.2, -0.15) is 0 Å². The molecule has 94 valence electrons. The lowest BCUT2D eigenvalue weighted by Crippen LogP contribution is -2.38. The quantitative estimate of drug-likeness (QED) is 0.564. The lowest BCUT2D eigenvalue weighted by molar-refractivity contribution is 0.244. The molecule has 0 unspecified atom stereocenters. The van der Waals surface area contributed by atoms with Crippen molar-refractivity contribution in [3.8, 4) is 0 Å². The number of aliphatic hydroxyl groups excluding tert-OH is 1. The molecule has 0 bridgehead atoms. The Labute approximate surface area is 105 Å². The van der Waals surface area contributed by atoms with E-state index in [1.165, 1.54) is 0 Å². The fourth-order valence-corrected chi connectivity index (χ4v) is 1.38. The van der Waals surface area contributed by atoms with Crippen LogP contribution in [0.4, 0.5) is 10.5 Å². The number of aliphatic hydroxyl groups is 1. The highest BCUT2D eigenvalue weighted by Gasteiger charge is 2.17. The van der Waals surface area contributed by atoms with Crippen molar-refractivity contribution < 1.29 is 9.90 Å². The van der Waals surface area contributed by atoms with Crippen LogP contribution in [0, 0.1) is 5.39 Å². The van der Waals surface area contributed by atoms with Crippen molar-refractivity contribution in [2.75, 3.05) is 5.32 Å². The highest BCUT2D eigenvalue weighted by Crippen LogP contribution is 2.07. The molecule has 3 N–H and O–H groups in total. The summed E-state index contributed by atoms with van der Waals surface area (Å²) in [6.45, 7) is 1.79. The Morgan fingerprint density at radius 3 is 2.72 bits per heavy atom. The van der Waals surface area contributed by atoms with Crippen LogP contribution in [0.25, 0.3) is 4.98 Å². The molecule has 0 aromatic heterocycles. The SMILES string of the molecule is CC[C@@H](NC(=O)Nc1ccccc1)C(O)=C[N+]#N. The van der Waals surface area contributed by atoms with Crippen LogP contribution in [0.1, 0.15) is 13.3 Å². The Morgan fingerprint density at radius 2 is 2.17 bits per heavy atom. The zero-order chi connectivity index (χ0) is 13.4. The molecule has 1 aromatic carbocycles. The van der Waals surface area contributed by atoms with Crippen molar-refractivity contribution in [2.24, 2.45) is 0 Å². The zero-order valence-corrected chi connectivity index (χ0v) is 10.00. The Morgan fingerprint density at radius 1 is 1.50 bits per heavy atom. The summed E-state index contributed by atoms with van der Waals surface area (Å²) in [5.74, 6) is -0.205. The number of nitrogens with zero attached hydrogens (tertiary/aromatic N) is 2. The molecule has 0 aliphatic carbocycles. The monoisotopic (exact) mass is 247 g/mol.